The molecule has 1 atom stereocenters. The maximum Gasteiger partial charge on any atom is 0.193 e. The van der Waals surface area contributed by atoms with Crippen molar-refractivity contribution < 1.29 is 4.52 Å². The molecule has 2 aliphatic heterocycles. The highest BCUT2D eigenvalue weighted by Gasteiger charge is 2.24. The van der Waals surface area contributed by atoms with Gasteiger partial charge in [0, 0.05) is 58.9 Å². The van der Waals surface area contributed by atoms with Crippen molar-refractivity contribution in [2.45, 2.75) is 26.3 Å². The van der Waals surface area contributed by atoms with Gasteiger partial charge in [-0.2, -0.15) is 0 Å². The molecule has 2 aliphatic rings. The van der Waals surface area contributed by atoms with E-state index in [-0.39, 0.29) is 0 Å². The quantitative estimate of drug-likeness (QED) is 0.614. The van der Waals surface area contributed by atoms with E-state index in [2.05, 4.69) is 37.1 Å². The highest BCUT2D eigenvalue weighted by Crippen LogP contribution is 2.15. The van der Waals surface area contributed by atoms with Crippen LogP contribution >= 0.6 is 0 Å². The van der Waals surface area contributed by atoms with Gasteiger partial charge in [0.2, 0.25) is 0 Å². The largest absolute Gasteiger partial charge is 0.364 e. The summed E-state index contributed by atoms with van der Waals surface area (Å²) in [6, 6.07) is 1.94. The molecule has 0 radical (unpaired) electrons. The predicted molar refractivity (Wildman–Crippen MR) is 99.6 cm³/mol. The number of guanidine groups is 1. The Bertz CT molecular complexity index is 524. The second kappa shape index (κ2) is 9.20. The Hall–Kier alpha value is -1.60. The third kappa shape index (κ3) is 5.19. The van der Waals surface area contributed by atoms with Crippen LogP contribution in [0.2, 0.25) is 0 Å². The van der Waals surface area contributed by atoms with Crippen LogP contribution in [0.4, 0.5) is 0 Å². The van der Waals surface area contributed by atoms with Gasteiger partial charge in [-0.3, -0.25) is 9.89 Å². The van der Waals surface area contributed by atoms with E-state index in [9.17, 15) is 0 Å². The molecule has 2 saturated heterocycles. The van der Waals surface area contributed by atoms with Crippen molar-refractivity contribution in [3.8, 4) is 0 Å². The molecule has 2 fully saturated rings. The van der Waals surface area contributed by atoms with Gasteiger partial charge in [0.1, 0.15) is 6.26 Å². The normalized spacial score (nSPS) is 23.4. The summed E-state index contributed by atoms with van der Waals surface area (Å²) in [5.41, 5.74) is 1.01. The van der Waals surface area contributed by atoms with Gasteiger partial charge in [-0.25, -0.2) is 0 Å². The predicted octanol–water partition coefficient (Wildman–Crippen LogP) is 1.10. The molecule has 1 aromatic rings. The van der Waals surface area contributed by atoms with Crippen molar-refractivity contribution in [3.63, 3.8) is 0 Å². The van der Waals surface area contributed by atoms with Crippen LogP contribution in [-0.4, -0.2) is 85.2 Å². The van der Waals surface area contributed by atoms with E-state index in [0.717, 1.165) is 56.8 Å². The first-order valence-corrected chi connectivity index (χ1v) is 9.58. The Morgan fingerprint density at radius 1 is 1.28 bits per heavy atom. The molecule has 0 spiro atoms. The van der Waals surface area contributed by atoms with Crippen molar-refractivity contribution in [1.29, 1.82) is 0 Å². The summed E-state index contributed by atoms with van der Waals surface area (Å²) in [5, 5.41) is 7.61. The fourth-order valence-corrected chi connectivity index (χ4v) is 3.83. The zero-order valence-corrected chi connectivity index (χ0v) is 15.7. The summed E-state index contributed by atoms with van der Waals surface area (Å²) < 4.78 is 4.92. The van der Waals surface area contributed by atoms with Crippen LogP contribution in [0, 0.1) is 5.92 Å². The number of aromatic nitrogens is 1. The minimum Gasteiger partial charge on any atom is -0.364 e. The summed E-state index contributed by atoms with van der Waals surface area (Å²) in [4.78, 5) is 11.9. The maximum absolute atomic E-state index is 4.92. The maximum atomic E-state index is 4.92. The third-order valence-electron chi connectivity index (χ3n) is 5.22. The number of hydrogen-bond donors (Lipinski definition) is 1. The Labute approximate surface area is 151 Å². The van der Waals surface area contributed by atoms with Crippen LogP contribution < -0.4 is 5.32 Å². The molecule has 0 aliphatic carbocycles. The number of aliphatic imine (C=N–C) groups is 1. The number of nitrogens with one attached hydrogen (secondary N) is 1. The molecular weight excluding hydrogens is 316 g/mol. The van der Waals surface area contributed by atoms with E-state index < -0.39 is 0 Å². The van der Waals surface area contributed by atoms with Crippen LogP contribution in [0.1, 0.15) is 25.5 Å². The van der Waals surface area contributed by atoms with Crippen molar-refractivity contribution in [1.82, 2.24) is 25.2 Å². The molecule has 3 rings (SSSR count). The van der Waals surface area contributed by atoms with E-state index in [1.807, 2.05) is 13.1 Å². The minimum absolute atomic E-state index is 0.747. The first-order valence-electron chi connectivity index (χ1n) is 9.58. The van der Waals surface area contributed by atoms with Gasteiger partial charge in [-0.05, 0) is 31.8 Å². The van der Waals surface area contributed by atoms with Gasteiger partial charge in [0.15, 0.2) is 5.96 Å². The lowest BCUT2D eigenvalue weighted by Crippen LogP contribution is -2.52. The van der Waals surface area contributed by atoms with Gasteiger partial charge in [0.25, 0.3) is 0 Å². The number of likely N-dealkylation sites (tertiary alicyclic amines) is 1. The molecule has 1 aromatic heterocycles. The van der Waals surface area contributed by atoms with Crippen LogP contribution in [0.15, 0.2) is 21.8 Å². The Morgan fingerprint density at radius 3 is 2.80 bits per heavy atom. The molecule has 25 heavy (non-hydrogen) atoms. The number of nitrogens with zero attached hydrogens (tertiary/aromatic N) is 5. The molecular formula is C18H32N6O. The Morgan fingerprint density at radius 2 is 2.12 bits per heavy atom. The summed E-state index contributed by atoms with van der Waals surface area (Å²) >= 11 is 0. The lowest BCUT2D eigenvalue weighted by Gasteiger charge is -2.36. The number of hydrogen-bond acceptors (Lipinski definition) is 5. The Balaban J connectivity index is 1.39. The van der Waals surface area contributed by atoms with E-state index in [4.69, 9.17) is 4.52 Å². The molecule has 3 heterocycles. The molecule has 7 nitrogen and oxygen atoms in total. The second-order valence-electron chi connectivity index (χ2n) is 7.14. The summed E-state index contributed by atoms with van der Waals surface area (Å²) in [7, 11) is 1.89. The number of rotatable bonds is 6. The first-order chi connectivity index (χ1) is 12.3. The summed E-state index contributed by atoms with van der Waals surface area (Å²) in [6.45, 7) is 11.9. The lowest BCUT2D eigenvalue weighted by molar-refractivity contribution is 0.168. The average Bonchev–Trinajstić information content (AvgIpc) is 3.29. The minimum atomic E-state index is 0.747. The van der Waals surface area contributed by atoms with E-state index in [1.54, 1.807) is 6.26 Å². The summed E-state index contributed by atoms with van der Waals surface area (Å²) in [5.74, 6) is 1.80. The zero-order chi connectivity index (χ0) is 17.5. The van der Waals surface area contributed by atoms with Crippen molar-refractivity contribution in [3.05, 3.63) is 18.0 Å². The fourth-order valence-electron chi connectivity index (χ4n) is 3.83. The summed E-state index contributed by atoms with van der Waals surface area (Å²) in [6.07, 6.45) is 4.19. The van der Waals surface area contributed by atoms with E-state index in [1.165, 1.54) is 32.5 Å². The molecule has 0 aromatic carbocycles. The molecule has 0 bridgehead atoms. The van der Waals surface area contributed by atoms with Gasteiger partial charge in [0.05, 0.1) is 5.69 Å². The molecule has 1 N–H and O–H groups in total. The zero-order valence-electron chi connectivity index (χ0n) is 15.7. The van der Waals surface area contributed by atoms with Gasteiger partial charge < -0.3 is 19.6 Å². The molecule has 1 unspecified atom stereocenters. The SMILES string of the molecule is CCCN1CCC(CNC(=NC)N2CCN(Cc3ccon3)CC2)C1. The van der Waals surface area contributed by atoms with Crippen LogP contribution in [-0.2, 0) is 6.54 Å². The first kappa shape index (κ1) is 18.2. The number of piperazine rings is 1. The molecule has 7 heteroatoms. The van der Waals surface area contributed by atoms with Gasteiger partial charge >= 0.3 is 0 Å². The highest BCUT2D eigenvalue weighted by atomic mass is 16.5. The van der Waals surface area contributed by atoms with Crippen LogP contribution in [0.5, 0.6) is 0 Å². The fraction of sp³-hybridized carbons (Fsp3) is 0.778. The molecule has 0 amide bonds. The van der Waals surface area contributed by atoms with E-state index in [0.29, 0.717) is 0 Å². The molecule has 140 valence electrons. The second-order valence-corrected chi connectivity index (χ2v) is 7.14. The average molecular weight is 348 g/mol. The smallest absolute Gasteiger partial charge is 0.193 e. The van der Waals surface area contributed by atoms with Crippen molar-refractivity contribution >= 4 is 5.96 Å². The highest BCUT2D eigenvalue weighted by molar-refractivity contribution is 5.80. The monoisotopic (exact) mass is 348 g/mol. The topological polar surface area (TPSA) is 60.1 Å². The third-order valence-corrected chi connectivity index (χ3v) is 5.22. The lowest BCUT2D eigenvalue weighted by atomic mass is 10.1. The Kier molecular flexibility index (Phi) is 6.69. The van der Waals surface area contributed by atoms with E-state index >= 15 is 0 Å². The van der Waals surface area contributed by atoms with Crippen molar-refractivity contribution in [2.75, 3.05) is 59.4 Å². The van der Waals surface area contributed by atoms with Gasteiger partial charge in [-0.15, -0.1) is 0 Å². The van der Waals surface area contributed by atoms with Crippen molar-refractivity contribution in [2.24, 2.45) is 10.9 Å². The molecule has 0 saturated carbocycles. The van der Waals surface area contributed by atoms with Gasteiger partial charge in [-0.1, -0.05) is 12.1 Å². The van der Waals surface area contributed by atoms with Crippen LogP contribution in [0.25, 0.3) is 0 Å². The van der Waals surface area contributed by atoms with Crippen LogP contribution in [0.3, 0.4) is 0 Å². The standard InChI is InChI=1S/C18H32N6O/c1-3-6-22-7-4-16(14-22)13-20-18(19-2)24-10-8-23(9-11-24)15-17-5-12-25-21-17/h5,12,16H,3-4,6-11,13-15H2,1-2H3,(H,19,20).